The number of ether oxygens (including phenoxy) is 2. The predicted octanol–water partition coefficient (Wildman–Crippen LogP) is 5.86. The number of piperidine rings is 1. The quantitative estimate of drug-likeness (QED) is 0.405. The van der Waals surface area contributed by atoms with Crippen molar-refractivity contribution in [3.05, 3.63) is 77.4 Å². The first-order valence-electron chi connectivity index (χ1n) is 13.5. The SMILES string of the molecule is CC1C=C(C2COc3cc(O)ccc3C2)C=CC1(OCCCCC1CCNCC1)c1ccccc1O. The summed E-state index contributed by atoms with van der Waals surface area (Å²) in [5, 5.41) is 24.0. The molecule has 5 heteroatoms. The number of hydrogen-bond donors (Lipinski definition) is 3. The second-order valence-corrected chi connectivity index (χ2v) is 10.6. The Morgan fingerprint density at radius 1 is 1.08 bits per heavy atom. The van der Waals surface area contributed by atoms with Gasteiger partial charge in [0, 0.05) is 30.1 Å². The van der Waals surface area contributed by atoms with E-state index in [-0.39, 0.29) is 23.3 Å². The van der Waals surface area contributed by atoms with E-state index >= 15 is 0 Å². The zero-order valence-electron chi connectivity index (χ0n) is 21.3. The fourth-order valence-electron chi connectivity index (χ4n) is 6.03. The van der Waals surface area contributed by atoms with Gasteiger partial charge >= 0.3 is 0 Å². The lowest BCUT2D eigenvalue weighted by Crippen LogP contribution is -2.37. The summed E-state index contributed by atoms with van der Waals surface area (Å²) in [6, 6.07) is 12.9. The van der Waals surface area contributed by atoms with Gasteiger partial charge in [-0.2, -0.15) is 0 Å². The van der Waals surface area contributed by atoms with E-state index in [2.05, 4.69) is 30.5 Å². The maximum absolute atomic E-state index is 10.8. The van der Waals surface area contributed by atoms with Crippen LogP contribution in [0.3, 0.4) is 0 Å². The van der Waals surface area contributed by atoms with Crippen molar-refractivity contribution in [1.29, 1.82) is 0 Å². The lowest BCUT2D eigenvalue weighted by molar-refractivity contribution is -0.0431. The maximum atomic E-state index is 10.8. The van der Waals surface area contributed by atoms with Gasteiger partial charge in [0.1, 0.15) is 22.8 Å². The molecule has 1 fully saturated rings. The van der Waals surface area contributed by atoms with Crippen LogP contribution in [0.5, 0.6) is 17.2 Å². The van der Waals surface area contributed by atoms with Crippen molar-refractivity contribution >= 4 is 0 Å². The summed E-state index contributed by atoms with van der Waals surface area (Å²) in [5.74, 6) is 2.41. The number of fused-ring (bicyclic) bond motifs is 1. The van der Waals surface area contributed by atoms with Crippen LogP contribution < -0.4 is 10.1 Å². The Kier molecular flexibility index (Phi) is 7.68. The van der Waals surface area contributed by atoms with Gasteiger partial charge in [0.05, 0.1) is 6.61 Å². The van der Waals surface area contributed by atoms with Crippen molar-refractivity contribution in [2.75, 3.05) is 26.3 Å². The Hall–Kier alpha value is -2.76. The number of unbranched alkanes of at least 4 members (excludes halogenated alkanes) is 1. The van der Waals surface area contributed by atoms with Crippen LogP contribution in [-0.2, 0) is 16.8 Å². The number of phenols is 2. The first kappa shape index (κ1) is 24.9. The van der Waals surface area contributed by atoms with Crippen LogP contribution in [0.25, 0.3) is 0 Å². The first-order chi connectivity index (χ1) is 17.5. The molecule has 5 nitrogen and oxygen atoms in total. The van der Waals surface area contributed by atoms with Crippen LogP contribution in [-0.4, -0.2) is 36.5 Å². The highest BCUT2D eigenvalue weighted by Crippen LogP contribution is 2.45. The maximum Gasteiger partial charge on any atom is 0.126 e. The summed E-state index contributed by atoms with van der Waals surface area (Å²) < 4.78 is 12.7. The van der Waals surface area contributed by atoms with E-state index in [1.807, 2.05) is 24.3 Å². The summed E-state index contributed by atoms with van der Waals surface area (Å²) in [4.78, 5) is 0. The molecule has 3 atom stereocenters. The fourth-order valence-corrected chi connectivity index (χ4v) is 6.03. The van der Waals surface area contributed by atoms with Gasteiger partial charge in [0.15, 0.2) is 0 Å². The van der Waals surface area contributed by atoms with Crippen molar-refractivity contribution in [1.82, 2.24) is 5.32 Å². The van der Waals surface area contributed by atoms with Gasteiger partial charge in [-0.05, 0) is 74.0 Å². The van der Waals surface area contributed by atoms with Gasteiger partial charge in [-0.15, -0.1) is 0 Å². The molecule has 2 aromatic carbocycles. The number of rotatable bonds is 8. The molecule has 1 aliphatic carbocycles. The lowest BCUT2D eigenvalue weighted by atomic mass is 9.74. The molecule has 192 valence electrons. The Balaban J connectivity index is 1.28. The number of nitrogens with one attached hydrogen (secondary N) is 1. The van der Waals surface area contributed by atoms with E-state index < -0.39 is 5.60 Å². The molecule has 2 heterocycles. The van der Waals surface area contributed by atoms with Crippen molar-refractivity contribution in [3.8, 4) is 17.2 Å². The molecule has 0 spiro atoms. The highest BCUT2D eigenvalue weighted by atomic mass is 16.5. The molecule has 5 rings (SSSR count). The zero-order valence-corrected chi connectivity index (χ0v) is 21.3. The van der Waals surface area contributed by atoms with Crippen molar-refractivity contribution < 1.29 is 19.7 Å². The normalized spacial score (nSPS) is 26.2. The van der Waals surface area contributed by atoms with Gasteiger partial charge in [-0.25, -0.2) is 0 Å². The minimum absolute atomic E-state index is 0.0523. The number of phenolic OH excluding ortho intramolecular Hbond substituents is 2. The van der Waals surface area contributed by atoms with E-state index in [1.54, 1.807) is 18.2 Å². The number of benzene rings is 2. The van der Waals surface area contributed by atoms with E-state index in [1.165, 1.54) is 31.3 Å². The Bertz CT molecular complexity index is 1100. The topological polar surface area (TPSA) is 71.0 Å². The Labute approximate surface area is 214 Å². The molecule has 2 aromatic rings. The van der Waals surface area contributed by atoms with Crippen LogP contribution in [0.15, 0.2) is 66.3 Å². The van der Waals surface area contributed by atoms with Gasteiger partial charge < -0.3 is 25.0 Å². The fraction of sp³-hybridized carbons (Fsp3) is 0.484. The summed E-state index contributed by atoms with van der Waals surface area (Å²) in [6.07, 6.45) is 13.5. The van der Waals surface area contributed by atoms with Gasteiger partial charge in [0.25, 0.3) is 0 Å². The number of allylic oxidation sites excluding steroid dienone is 1. The minimum atomic E-state index is -0.692. The largest absolute Gasteiger partial charge is 0.508 e. The van der Waals surface area contributed by atoms with E-state index in [4.69, 9.17) is 9.47 Å². The van der Waals surface area contributed by atoms with Gasteiger partial charge in [-0.1, -0.05) is 56.2 Å². The number of aromatic hydroxyl groups is 2. The molecule has 36 heavy (non-hydrogen) atoms. The number of hydrogen-bond acceptors (Lipinski definition) is 5. The van der Waals surface area contributed by atoms with Crippen LogP contribution in [0.2, 0.25) is 0 Å². The molecule has 0 bridgehead atoms. The lowest BCUT2D eigenvalue weighted by Gasteiger charge is -2.40. The van der Waals surface area contributed by atoms with E-state index in [0.29, 0.717) is 13.2 Å². The molecular weight excluding hydrogens is 450 g/mol. The van der Waals surface area contributed by atoms with Crippen LogP contribution in [0, 0.1) is 17.8 Å². The molecule has 3 aliphatic rings. The van der Waals surface area contributed by atoms with Crippen molar-refractivity contribution in [2.24, 2.45) is 17.8 Å². The highest BCUT2D eigenvalue weighted by Gasteiger charge is 2.40. The molecule has 0 aromatic heterocycles. The first-order valence-corrected chi connectivity index (χ1v) is 13.5. The van der Waals surface area contributed by atoms with E-state index in [9.17, 15) is 10.2 Å². The van der Waals surface area contributed by atoms with Gasteiger partial charge in [-0.3, -0.25) is 0 Å². The second-order valence-electron chi connectivity index (χ2n) is 10.6. The van der Waals surface area contributed by atoms with E-state index in [0.717, 1.165) is 48.7 Å². The standard InChI is InChI=1S/C31H39NO4/c1-22-18-24(26-19-25-9-10-27(33)20-30(25)35-21-26)11-14-31(22,28-7-2-3-8-29(28)34)36-17-5-4-6-23-12-15-32-16-13-23/h2-3,7-11,14,18,20,22-23,26,32-34H,4-6,12-13,15-17,19,21H2,1H3. The number of para-hydroxylation sites is 1. The molecular formula is C31H39NO4. The third kappa shape index (κ3) is 5.33. The van der Waals surface area contributed by atoms with Crippen LogP contribution >= 0.6 is 0 Å². The monoisotopic (exact) mass is 489 g/mol. The zero-order chi connectivity index (χ0) is 25.0. The third-order valence-electron chi connectivity index (χ3n) is 8.20. The smallest absolute Gasteiger partial charge is 0.126 e. The molecule has 0 amide bonds. The third-order valence-corrected chi connectivity index (χ3v) is 8.20. The summed E-state index contributed by atoms with van der Waals surface area (Å²) in [6.45, 7) is 5.73. The van der Waals surface area contributed by atoms with Crippen LogP contribution in [0.1, 0.15) is 50.2 Å². The highest BCUT2D eigenvalue weighted by molar-refractivity contribution is 5.47. The van der Waals surface area contributed by atoms with Gasteiger partial charge in [0.2, 0.25) is 0 Å². The molecule has 1 saturated heterocycles. The average Bonchev–Trinajstić information content (AvgIpc) is 2.90. The van der Waals surface area contributed by atoms with Crippen LogP contribution in [0.4, 0.5) is 0 Å². The predicted molar refractivity (Wildman–Crippen MR) is 142 cm³/mol. The summed E-state index contributed by atoms with van der Waals surface area (Å²) in [5.41, 5.74) is 2.49. The average molecular weight is 490 g/mol. The summed E-state index contributed by atoms with van der Waals surface area (Å²) in [7, 11) is 0. The summed E-state index contributed by atoms with van der Waals surface area (Å²) >= 11 is 0. The Morgan fingerprint density at radius 2 is 1.92 bits per heavy atom. The van der Waals surface area contributed by atoms with Crippen molar-refractivity contribution in [2.45, 2.75) is 51.0 Å². The minimum Gasteiger partial charge on any atom is -0.508 e. The second kappa shape index (κ2) is 11.1. The molecule has 3 N–H and O–H groups in total. The molecule has 0 saturated carbocycles. The Morgan fingerprint density at radius 3 is 2.72 bits per heavy atom. The molecule has 0 radical (unpaired) electrons. The molecule has 3 unspecified atom stereocenters. The van der Waals surface area contributed by atoms with Crippen molar-refractivity contribution in [3.63, 3.8) is 0 Å². The molecule has 2 aliphatic heterocycles.